The molecule has 104 valence electrons. The second-order valence-corrected chi connectivity index (χ2v) is 6.13. The van der Waals surface area contributed by atoms with Gasteiger partial charge in [-0.25, -0.2) is 0 Å². The van der Waals surface area contributed by atoms with Crippen LogP contribution in [0.2, 0.25) is 0 Å². The molecule has 0 atom stereocenters. The summed E-state index contributed by atoms with van der Waals surface area (Å²) < 4.78 is 0. The van der Waals surface area contributed by atoms with E-state index < -0.39 is 0 Å². The van der Waals surface area contributed by atoms with Crippen molar-refractivity contribution < 1.29 is 0 Å². The molecule has 0 amide bonds. The standard InChI is InChI=1S/C20H19N/c1-21(2)13-12-14-6-7-17-9-8-15-4-3-5-16-10-11-18(14)20(17)19(15)16/h3-11H,12-13H2,1-2H3. The summed E-state index contributed by atoms with van der Waals surface area (Å²) >= 11 is 0. The molecule has 0 saturated carbocycles. The topological polar surface area (TPSA) is 3.24 Å². The maximum Gasteiger partial charge on any atom is 0.00159 e. The number of nitrogens with zero attached hydrogens (tertiary/aromatic N) is 1. The second kappa shape index (κ2) is 4.71. The number of rotatable bonds is 3. The first kappa shape index (κ1) is 12.6. The molecule has 0 unspecified atom stereocenters. The first-order chi connectivity index (χ1) is 10.2. The van der Waals surface area contributed by atoms with Gasteiger partial charge in [-0.2, -0.15) is 0 Å². The summed E-state index contributed by atoms with van der Waals surface area (Å²) in [6.07, 6.45) is 1.10. The molecule has 1 nitrogen and oxygen atoms in total. The quantitative estimate of drug-likeness (QED) is 0.490. The van der Waals surface area contributed by atoms with Gasteiger partial charge in [0.1, 0.15) is 0 Å². The minimum atomic E-state index is 1.09. The number of hydrogen-bond donors (Lipinski definition) is 0. The average Bonchev–Trinajstić information content (AvgIpc) is 2.51. The third-order valence-corrected chi connectivity index (χ3v) is 4.45. The van der Waals surface area contributed by atoms with Crippen LogP contribution in [0.25, 0.3) is 32.3 Å². The van der Waals surface area contributed by atoms with Gasteiger partial charge in [0.2, 0.25) is 0 Å². The molecule has 0 aromatic heterocycles. The molecule has 0 spiro atoms. The summed E-state index contributed by atoms with van der Waals surface area (Å²) in [5.74, 6) is 0. The SMILES string of the molecule is CN(C)CCc1ccc2ccc3cccc4ccc1c2c34. The molecule has 0 fully saturated rings. The van der Waals surface area contributed by atoms with E-state index >= 15 is 0 Å². The van der Waals surface area contributed by atoms with Crippen molar-refractivity contribution in [3.63, 3.8) is 0 Å². The third-order valence-electron chi connectivity index (χ3n) is 4.45. The van der Waals surface area contributed by atoms with E-state index in [-0.39, 0.29) is 0 Å². The highest BCUT2D eigenvalue weighted by Crippen LogP contribution is 2.35. The van der Waals surface area contributed by atoms with Gasteiger partial charge in [-0.3, -0.25) is 0 Å². The zero-order valence-corrected chi connectivity index (χ0v) is 12.6. The molecule has 0 bridgehead atoms. The molecule has 1 heteroatoms. The third kappa shape index (κ3) is 1.97. The van der Waals surface area contributed by atoms with Crippen molar-refractivity contribution in [3.8, 4) is 0 Å². The molecule has 4 aromatic carbocycles. The number of likely N-dealkylation sites (N-methyl/N-ethyl adjacent to an activating group) is 1. The van der Waals surface area contributed by atoms with Crippen molar-refractivity contribution in [3.05, 3.63) is 60.2 Å². The molecule has 4 aromatic rings. The van der Waals surface area contributed by atoms with Crippen LogP contribution in [0.1, 0.15) is 5.56 Å². The predicted molar refractivity (Wildman–Crippen MR) is 92.4 cm³/mol. The Bertz CT molecular complexity index is 905. The molecular weight excluding hydrogens is 254 g/mol. The fourth-order valence-electron chi connectivity index (χ4n) is 3.36. The Labute approximate surface area is 125 Å². The molecule has 0 aliphatic heterocycles. The lowest BCUT2D eigenvalue weighted by atomic mass is 9.91. The van der Waals surface area contributed by atoms with Crippen LogP contribution in [0.15, 0.2) is 54.6 Å². The molecule has 4 rings (SSSR count). The van der Waals surface area contributed by atoms with Gasteiger partial charge in [0.15, 0.2) is 0 Å². The van der Waals surface area contributed by atoms with E-state index in [0.29, 0.717) is 0 Å². The Kier molecular flexibility index (Phi) is 2.83. The zero-order chi connectivity index (χ0) is 14.4. The lowest BCUT2D eigenvalue weighted by Crippen LogP contribution is -2.15. The van der Waals surface area contributed by atoms with Gasteiger partial charge in [0, 0.05) is 6.54 Å². The van der Waals surface area contributed by atoms with Crippen molar-refractivity contribution in [1.82, 2.24) is 4.90 Å². The van der Waals surface area contributed by atoms with E-state index in [1.165, 1.54) is 37.9 Å². The lowest BCUT2D eigenvalue weighted by molar-refractivity contribution is 0.414. The largest absolute Gasteiger partial charge is 0.309 e. The Morgan fingerprint density at radius 1 is 0.714 bits per heavy atom. The summed E-state index contributed by atoms with van der Waals surface area (Å²) in [5, 5.41) is 8.30. The van der Waals surface area contributed by atoms with Gasteiger partial charge < -0.3 is 4.90 Å². The normalized spacial score (nSPS) is 12.1. The molecule has 0 heterocycles. The summed E-state index contributed by atoms with van der Waals surface area (Å²) in [5.41, 5.74) is 1.45. The van der Waals surface area contributed by atoms with Gasteiger partial charge >= 0.3 is 0 Å². The van der Waals surface area contributed by atoms with E-state index in [1.54, 1.807) is 0 Å². The zero-order valence-electron chi connectivity index (χ0n) is 12.6. The monoisotopic (exact) mass is 273 g/mol. The van der Waals surface area contributed by atoms with E-state index in [4.69, 9.17) is 0 Å². The first-order valence-corrected chi connectivity index (χ1v) is 7.54. The van der Waals surface area contributed by atoms with E-state index in [2.05, 4.69) is 73.6 Å². The van der Waals surface area contributed by atoms with Gasteiger partial charge in [0.05, 0.1) is 0 Å². The molecule has 0 aliphatic rings. The van der Waals surface area contributed by atoms with Crippen LogP contribution < -0.4 is 0 Å². The molecule has 21 heavy (non-hydrogen) atoms. The van der Waals surface area contributed by atoms with Crippen molar-refractivity contribution in [1.29, 1.82) is 0 Å². The van der Waals surface area contributed by atoms with E-state index in [9.17, 15) is 0 Å². The van der Waals surface area contributed by atoms with E-state index in [1.807, 2.05) is 0 Å². The summed E-state index contributed by atoms with van der Waals surface area (Å²) in [6.45, 7) is 1.09. The number of benzene rings is 4. The van der Waals surface area contributed by atoms with Crippen molar-refractivity contribution in [2.45, 2.75) is 6.42 Å². The van der Waals surface area contributed by atoms with Crippen LogP contribution in [0, 0.1) is 0 Å². The Morgan fingerprint density at radius 2 is 1.33 bits per heavy atom. The number of hydrogen-bond acceptors (Lipinski definition) is 1. The fraction of sp³-hybridized carbons (Fsp3) is 0.200. The summed E-state index contributed by atoms with van der Waals surface area (Å²) in [7, 11) is 4.27. The Hall–Kier alpha value is -2.12. The van der Waals surface area contributed by atoms with Crippen LogP contribution in [0.5, 0.6) is 0 Å². The molecule has 0 radical (unpaired) electrons. The summed E-state index contributed by atoms with van der Waals surface area (Å²) in [6, 6.07) is 20.2. The van der Waals surface area contributed by atoms with Gasteiger partial charge in [0.25, 0.3) is 0 Å². The van der Waals surface area contributed by atoms with Crippen molar-refractivity contribution >= 4 is 32.3 Å². The second-order valence-electron chi connectivity index (χ2n) is 6.13. The average molecular weight is 273 g/mol. The van der Waals surface area contributed by atoms with Crippen LogP contribution in [0.3, 0.4) is 0 Å². The van der Waals surface area contributed by atoms with E-state index in [0.717, 1.165) is 13.0 Å². The van der Waals surface area contributed by atoms with Crippen molar-refractivity contribution in [2.75, 3.05) is 20.6 Å². The summed E-state index contributed by atoms with van der Waals surface area (Å²) in [4.78, 5) is 2.25. The molecule has 0 N–H and O–H groups in total. The van der Waals surface area contributed by atoms with Crippen molar-refractivity contribution in [2.24, 2.45) is 0 Å². The predicted octanol–water partition coefficient (Wildman–Crippen LogP) is 4.69. The Balaban J connectivity index is 2.06. The van der Waals surface area contributed by atoms with Crippen LogP contribution in [0.4, 0.5) is 0 Å². The van der Waals surface area contributed by atoms with Gasteiger partial charge in [-0.05, 0) is 58.4 Å². The maximum absolute atomic E-state index is 2.30. The smallest absolute Gasteiger partial charge is 0.00159 e. The molecular formula is C20H19N. The van der Waals surface area contributed by atoms with Gasteiger partial charge in [-0.15, -0.1) is 0 Å². The van der Waals surface area contributed by atoms with Crippen LogP contribution in [-0.4, -0.2) is 25.5 Å². The highest BCUT2D eigenvalue weighted by Gasteiger charge is 2.10. The highest BCUT2D eigenvalue weighted by atomic mass is 15.0. The fourth-order valence-corrected chi connectivity index (χ4v) is 3.36. The minimum Gasteiger partial charge on any atom is -0.309 e. The van der Waals surface area contributed by atoms with Gasteiger partial charge in [-0.1, -0.05) is 54.6 Å². The maximum atomic E-state index is 2.30. The highest BCUT2D eigenvalue weighted by molar-refractivity contribution is 6.23. The first-order valence-electron chi connectivity index (χ1n) is 7.54. The Morgan fingerprint density at radius 3 is 2.05 bits per heavy atom. The molecule has 0 aliphatic carbocycles. The lowest BCUT2D eigenvalue weighted by Gasteiger charge is -2.15. The van der Waals surface area contributed by atoms with Crippen LogP contribution >= 0.6 is 0 Å². The minimum absolute atomic E-state index is 1.09. The van der Waals surface area contributed by atoms with Crippen LogP contribution in [-0.2, 0) is 6.42 Å². The molecule has 0 saturated heterocycles.